The average Bonchev–Trinajstić information content (AvgIpc) is 3.02. The molecule has 0 bridgehead atoms. The molecular weight excluding hydrogens is 622 g/mol. The molecule has 0 aromatic heterocycles. The quantitative estimate of drug-likeness (QED) is 0.0869. The Morgan fingerprint density at radius 1 is 0.911 bits per heavy atom. The number of aliphatic carboxylic acids is 1. The van der Waals surface area contributed by atoms with Crippen LogP contribution in [0.3, 0.4) is 0 Å². The maximum Gasteiger partial charge on any atom is 0.364 e. The van der Waals surface area contributed by atoms with Crippen molar-refractivity contribution in [1.82, 2.24) is 5.32 Å². The fraction of sp³-hybridized carbons (Fsp3) is 0.917. The number of carboxylic acid groups (broad SMARTS) is 1. The van der Waals surface area contributed by atoms with E-state index in [9.17, 15) is 65.8 Å². The summed E-state index contributed by atoms with van der Waals surface area (Å²) in [5.41, 5.74) is 0. The molecule has 16 atom stereocenters. The lowest BCUT2D eigenvalue weighted by Crippen LogP contribution is -2.69. The smallest absolute Gasteiger partial charge is 0.364 e. The predicted octanol–water partition coefficient (Wildman–Crippen LogP) is -8.60. The third kappa shape index (κ3) is 8.05. The molecule has 21 heteroatoms. The zero-order valence-electron chi connectivity index (χ0n) is 23.8. The number of hydrogen-bond donors (Lipinski definition) is 13. The predicted molar refractivity (Wildman–Crippen MR) is 136 cm³/mol. The van der Waals surface area contributed by atoms with Gasteiger partial charge in [0.1, 0.15) is 73.8 Å². The fourth-order valence-corrected chi connectivity index (χ4v) is 5.23. The Hall–Kier alpha value is -1.74. The highest BCUT2D eigenvalue weighted by molar-refractivity contribution is 5.78. The third-order valence-corrected chi connectivity index (χ3v) is 7.78. The number of rotatable bonds is 13. The lowest BCUT2D eigenvalue weighted by Gasteiger charge is -2.48. The van der Waals surface area contributed by atoms with Crippen LogP contribution < -0.4 is 5.32 Å². The van der Waals surface area contributed by atoms with E-state index in [0.29, 0.717) is 0 Å². The molecular formula is C24H41NO20. The van der Waals surface area contributed by atoms with Gasteiger partial charge in [-0.25, -0.2) is 4.79 Å². The minimum absolute atomic E-state index is 0.770. The van der Waals surface area contributed by atoms with Gasteiger partial charge in [0.15, 0.2) is 12.6 Å². The van der Waals surface area contributed by atoms with Crippen LogP contribution >= 0.6 is 0 Å². The molecule has 0 spiro atoms. The number of aliphatic hydroxyl groups is 11. The van der Waals surface area contributed by atoms with Crippen LogP contribution in [0.1, 0.15) is 6.42 Å². The van der Waals surface area contributed by atoms with E-state index in [0.717, 1.165) is 7.11 Å². The highest BCUT2D eigenvalue weighted by Crippen LogP contribution is 2.35. The number of ether oxygens (including phenoxy) is 6. The summed E-state index contributed by atoms with van der Waals surface area (Å²) in [4.78, 5) is 24.2. The zero-order valence-corrected chi connectivity index (χ0v) is 23.8. The van der Waals surface area contributed by atoms with E-state index >= 15 is 0 Å². The maximum absolute atomic E-state index is 12.4. The minimum atomic E-state index is -2.88. The van der Waals surface area contributed by atoms with E-state index in [-0.39, 0.29) is 0 Å². The van der Waals surface area contributed by atoms with Gasteiger partial charge in [-0.1, -0.05) is 0 Å². The second-order valence-electron chi connectivity index (χ2n) is 10.8. The molecule has 0 aliphatic carbocycles. The number of amides is 1. The van der Waals surface area contributed by atoms with Gasteiger partial charge in [-0.15, -0.1) is 0 Å². The Morgan fingerprint density at radius 3 is 2.09 bits per heavy atom. The number of carboxylic acids is 1. The van der Waals surface area contributed by atoms with Crippen molar-refractivity contribution in [2.45, 2.75) is 104 Å². The van der Waals surface area contributed by atoms with Crippen molar-refractivity contribution >= 4 is 11.9 Å². The van der Waals surface area contributed by atoms with Gasteiger partial charge in [0.2, 0.25) is 5.91 Å². The first-order valence-electron chi connectivity index (χ1n) is 13.8. The molecule has 13 N–H and O–H groups in total. The highest BCUT2D eigenvalue weighted by Gasteiger charge is 2.57. The summed E-state index contributed by atoms with van der Waals surface area (Å²) in [5.74, 6) is -5.85. The van der Waals surface area contributed by atoms with Crippen LogP contribution in [0.2, 0.25) is 0 Å². The Bertz CT molecular complexity index is 975. The van der Waals surface area contributed by atoms with E-state index < -0.39 is 142 Å². The third-order valence-electron chi connectivity index (χ3n) is 7.78. The number of carbonyl (C=O) groups excluding carboxylic acids is 1. The molecule has 262 valence electrons. The number of carbonyl (C=O) groups is 2. The average molecular weight is 664 g/mol. The van der Waals surface area contributed by atoms with Gasteiger partial charge < -0.3 is 95.0 Å². The number of nitrogens with one attached hydrogen (secondary N) is 1. The first-order valence-corrected chi connectivity index (χ1v) is 13.8. The van der Waals surface area contributed by atoms with E-state index in [1.54, 1.807) is 0 Å². The van der Waals surface area contributed by atoms with Crippen molar-refractivity contribution in [3.63, 3.8) is 0 Å². The number of methoxy groups -OCH3 is 1. The van der Waals surface area contributed by atoms with Crippen molar-refractivity contribution in [1.29, 1.82) is 0 Å². The molecule has 3 rings (SSSR count). The van der Waals surface area contributed by atoms with Crippen LogP contribution in [0, 0.1) is 0 Å². The normalized spacial score (nSPS) is 43.8. The monoisotopic (exact) mass is 663 g/mol. The van der Waals surface area contributed by atoms with E-state index in [4.69, 9.17) is 33.5 Å². The van der Waals surface area contributed by atoms with Crippen LogP contribution in [0.15, 0.2) is 0 Å². The molecule has 1 amide bonds. The molecule has 0 saturated carbocycles. The van der Waals surface area contributed by atoms with Crippen LogP contribution in [-0.4, -0.2) is 204 Å². The first-order chi connectivity index (χ1) is 21.2. The highest BCUT2D eigenvalue weighted by atomic mass is 16.8. The standard InChI is InChI=1S/C24H41NO20/c1-40-21-18(37)16(35)19(9(4-27)42-21)44-22-17(36)15(34)14(33)10(43-22)6-41-24(23(38)39)2-7(29)12(25-11(31)5-28)20(45-24)13(32)8(30)3-26/h7-10,12-22,26-30,32-37H,2-6H2,1H3,(H,25,31)(H,38,39)/t7-,8+,9+,10+,12+,13+,14-,15-,16+,17+,18+,19-,20+,21-,22-,24+/m0/s1. The fourth-order valence-electron chi connectivity index (χ4n) is 5.23. The summed E-state index contributed by atoms with van der Waals surface area (Å²) in [6.07, 6.45) is -26.3. The summed E-state index contributed by atoms with van der Waals surface area (Å²) in [6.45, 7) is -3.88. The molecule has 3 heterocycles. The van der Waals surface area contributed by atoms with Gasteiger partial charge in [0, 0.05) is 13.5 Å². The van der Waals surface area contributed by atoms with E-state index in [1.165, 1.54) is 0 Å². The van der Waals surface area contributed by atoms with Gasteiger partial charge >= 0.3 is 5.97 Å². The summed E-state index contributed by atoms with van der Waals surface area (Å²) in [5, 5.41) is 124. The minimum Gasteiger partial charge on any atom is -0.477 e. The molecule has 0 unspecified atom stereocenters. The van der Waals surface area contributed by atoms with Gasteiger partial charge in [-0.05, 0) is 0 Å². The number of hydrogen-bond acceptors (Lipinski definition) is 19. The Kier molecular flexibility index (Phi) is 13.3. The zero-order chi connectivity index (χ0) is 33.8. The van der Waals surface area contributed by atoms with Crippen LogP contribution in [0.5, 0.6) is 0 Å². The largest absolute Gasteiger partial charge is 0.477 e. The van der Waals surface area contributed by atoms with Gasteiger partial charge in [0.25, 0.3) is 5.79 Å². The van der Waals surface area contributed by atoms with Crippen LogP contribution in [0.25, 0.3) is 0 Å². The summed E-state index contributed by atoms with van der Waals surface area (Å²) in [7, 11) is 1.16. The van der Waals surface area contributed by atoms with E-state index in [2.05, 4.69) is 5.32 Å². The van der Waals surface area contributed by atoms with Crippen molar-refractivity contribution in [3.8, 4) is 0 Å². The Balaban J connectivity index is 1.82. The van der Waals surface area contributed by atoms with Gasteiger partial charge in [0.05, 0.1) is 32.0 Å². The van der Waals surface area contributed by atoms with Crippen molar-refractivity contribution < 1.29 is 99.3 Å². The topological polar surface area (TPSA) is 344 Å². The molecule has 3 saturated heterocycles. The van der Waals surface area contributed by atoms with Crippen molar-refractivity contribution in [2.75, 3.05) is 33.5 Å². The maximum atomic E-state index is 12.4. The molecule has 3 aliphatic rings. The van der Waals surface area contributed by atoms with Crippen LogP contribution in [0.4, 0.5) is 0 Å². The van der Waals surface area contributed by atoms with Crippen molar-refractivity contribution in [3.05, 3.63) is 0 Å². The summed E-state index contributed by atoms with van der Waals surface area (Å²) >= 11 is 0. The SMILES string of the molecule is CO[C@H]1O[C@H](CO)[C@H](O[C@@H]2O[C@H](CO[C@]3(C(=O)O)C[C@H](O)[C@@H](NC(=O)CO)[C@H]([C@H](O)[C@H](O)CO)O3)[C@H](O)[C@H](O)[C@H]2O)[C@H](O)[C@H]1O. The molecule has 3 fully saturated rings. The lowest BCUT2D eigenvalue weighted by atomic mass is 9.88. The second-order valence-corrected chi connectivity index (χ2v) is 10.8. The van der Waals surface area contributed by atoms with Gasteiger partial charge in [-0.3, -0.25) is 4.79 Å². The lowest BCUT2D eigenvalue weighted by molar-refractivity contribution is -0.366. The summed E-state index contributed by atoms with van der Waals surface area (Å²) in [6, 6.07) is -1.63. The molecule has 0 aromatic carbocycles. The second kappa shape index (κ2) is 15.9. The molecule has 21 nitrogen and oxygen atoms in total. The molecule has 45 heavy (non-hydrogen) atoms. The summed E-state index contributed by atoms with van der Waals surface area (Å²) < 4.78 is 32.1. The van der Waals surface area contributed by atoms with Crippen LogP contribution in [-0.2, 0) is 38.0 Å². The molecule has 3 aliphatic heterocycles. The molecule has 0 aromatic rings. The van der Waals surface area contributed by atoms with E-state index in [1.807, 2.05) is 0 Å². The number of aliphatic hydroxyl groups excluding tert-OH is 11. The van der Waals surface area contributed by atoms with Crippen molar-refractivity contribution in [2.24, 2.45) is 0 Å². The molecule has 0 radical (unpaired) electrons. The Labute approximate surface area is 254 Å². The first kappa shape index (κ1) is 37.7. The Morgan fingerprint density at radius 2 is 1.53 bits per heavy atom. The van der Waals surface area contributed by atoms with Gasteiger partial charge in [-0.2, -0.15) is 0 Å².